The molecule has 0 saturated carbocycles. The van der Waals surface area contributed by atoms with E-state index in [4.69, 9.17) is 4.42 Å². The minimum absolute atomic E-state index is 0.00962. The topological polar surface area (TPSA) is 73.1 Å². The van der Waals surface area contributed by atoms with Gasteiger partial charge in [-0.2, -0.15) is 0 Å². The lowest BCUT2D eigenvalue weighted by atomic mass is 10.2. The van der Waals surface area contributed by atoms with Crippen molar-refractivity contribution in [3.8, 4) is 0 Å². The maximum atomic E-state index is 12.3. The van der Waals surface area contributed by atoms with E-state index in [0.29, 0.717) is 28.2 Å². The van der Waals surface area contributed by atoms with Crippen molar-refractivity contribution in [2.24, 2.45) is 0 Å². The zero-order valence-electron chi connectivity index (χ0n) is 13.1. The maximum absolute atomic E-state index is 12.3. The fraction of sp³-hybridized carbons (Fsp3) is 0.176. The second-order valence-corrected chi connectivity index (χ2v) is 9.32. The Morgan fingerprint density at radius 3 is 2.44 bits per heavy atom. The van der Waals surface area contributed by atoms with Gasteiger partial charge in [0.2, 0.25) is 5.89 Å². The van der Waals surface area contributed by atoms with Crippen LogP contribution in [-0.4, -0.2) is 30.1 Å². The molecule has 0 radical (unpaired) electrons. The fourth-order valence-corrected chi connectivity index (χ4v) is 4.83. The highest BCUT2D eigenvalue weighted by Gasteiger charge is 2.15. The molecule has 3 aromatic rings. The highest BCUT2D eigenvalue weighted by molar-refractivity contribution is 9.10. The number of thioether (sulfide) groups is 1. The lowest BCUT2D eigenvalue weighted by Crippen LogP contribution is -2.08. The fourth-order valence-electron chi connectivity index (χ4n) is 2.14. The first-order valence-corrected chi connectivity index (χ1v) is 10.9. The van der Waals surface area contributed by atoms with Gasteiger partial charge in [0.1, 0.15) is 0 Å². The molecule has 2 aromatic carbocycles. The molecule has 0 aliphatic carbocycles. The number of rotatable bonds is 7. The number of sulfone groups is 1. The van der Waals surface area contributed by atoms with E-state index in [1.54, 1.807) is 24.3 Å². The summed E-state index contributed by atoms with van der Waals surface area (Å²) in [6, 6.07) is 16.4. The first-order valence-electron chi connectivity index (χ1n) is 7.50. The largest absolute Gasteiger partial charge is 0.416 e. The summed E-state index contributed by atoms with van der Waals surface area (Å²) >= 11 is 4.54. The third kappa shape index (κ3) is 5.17. The van der Waals surface area contributed by atoms with Crippen molar-refractivity contribution in [2.45, 2.75) is 16.5 Å². The van der Waals surface area contributed by atoms with Crippen LogP contribution in [0.2, 0.25) is 0 Å². The molecule has 0 unspecified atom stereocenters. The van der Waals surface area contributed by atoms with Crippen molar-refractivity contribution >= 4 is 37.5 Å². The van der Waals surface area contributed by atoms with Gasteiger partial charge in [-0.3, -0.25) is 0 Å². The van der Waals surface area contributed by atoms with E-state index in [2.05, 4.69) is 26.1 Å². The second-order valence-electron chi connectivity index (χ2n) is 5.25. The summed E-state index contributed by atoms with van der Waals surface area (Å²) in [5.74, 6) is 0.880. The van der Waals surface area contributed by atoms with Crippen molar-refractivity contribution in [3.05, 3.63) is 70.5 Å². The van der Waals surface area contributed by atoms with Crippen LogP contribution in [-0.2, 0) is 16.3 Å². The van der Waals surface area contributed by atoms with E-state index < -0.39 is 9.84 Å². The molecule has 5 nitrogen and oxygen atoms in total. The summed E-state index contributed by atoms with van der Waals surface area (Å²) in [5.41, 5.74) is 1.08. The Kier molecular flexibility index (Phi) is 5.93. The summed E-state index contributed by atoms with van der Waals surface area (Å²) in [4.78, 5) is 0.312. The Balaban J connectivity index is 1.55. The van der Waals surface area contributed by atoms with Gasteiger partial charge in [0.15, 0.2) is 9.84 Å². The number of halogens is 1. The van der Waals surface area contributed by atoms with E-state index >= 15 is 0 Å². The minimum atomic E-state index is -3.32. The monoisotopic (exact) mass is 438 g/mol. The van der Waals surface area contributed by atoms with Gasteiger partial charge in [-0.05, 0) is 29.8 Å². The van der Waals surface area contributed by atoms with E-state index in [-0.39, 0.29) is 5.75 Å². The molecule has 1 heterocycles. The molecule has 3 rings (SSSR count). The Morgan fingerprint density at radius 2 is 1.72 bits per heavy atom. The zero-order chi connectivity index (χ0) is 17.7. The zero-order valence-corrected chi connectivity index (χ0v) is 16.4. The normalized spacial score (nSPS) is 11.6. The van der Waals surface area contributed by atoms with Crippen LogP contribution in [0.1, 0.15) is 11.5 Å². The highest BCUT2D eigenvalue weighted by atomic mass is 79.9. The lowest BCUT2D eigenvalue weighted by molar-refractivity contribution is 0.420. The SMILES string of the molecule is O=S(=O)(CCSc1nnc(Cc2ccccc2)o1)c1ccc(Br)cc1. The molecule has 0 atom stereocenters. The van der Waals surface area contributed by atoms with E-state index in [9.17, 15) is 8.42 Å². The van der Waals surface area contributed by atoms with Crippen molar-refractivity contribution in [1.29, 1.82) is 0 Å². The third-order valence-corrected chi connectivity index (χ3v) is 6.74. The maximum Gasteiger partial charge on any atom is 0.276 e. The number of aromatic nitrogens is 2. The first-order chi connectivity index (χ1) is 12.0. The second kappa shape index (κ2) is 8.16. The number of hydrogen-bond acceptors (Lipinski definition) is 6. The molecule has 0 aliphatic rings. The first kappa shape index (κ1) is 18.2. The van der Waals surface area contributed by atoms with Crippen molar-refractivity contribution in [1.82, 2.24) is 10.2 Å². The Bertz CT molecular complexity index is 926. The quantitative estimate of drug-likeness (QED) is 0.519. The van der Waals surface area contributed by atoms with E-state index in [1.165, 1.54) is 11.8 Å². The Morgan fingerprint density at radius 1 is 1.00 bits per heavy atom. The third-order valence-electron chi connectivity index (χ3n) is 3.40. The molecule has 130 valence electrons. The van der Waals surface area contributed by atoms with Gasteiger partial charge in [-0.15, -0.1) is 10.2 Å². The van der Waals surface area contributed by atoms with Crippen molar-refractivity contribution in [3.63, 3.8) is 0 Å². The van der Waals surface area contributed by atoms with E-state index in [1.807, 2.05) is 30.3 Å². The van der Waals surface area contributed by atoms with Gasteiger partial charge in [-0.1, -0.05) is 58.0 Å². The predicted octanol–water partition coefficient (Wildman–Crippen LogP) is 3.99. The summed E-state index contributed by atoms with van der Waals surface area (Å²) in [5, 5.41) is 8.35. The van der Waals surface area contributed by atoms with Gasteiger partial charge in [0.25, 0.3) is 5.22 Å². The molecule has 25 heavy (non-hydrogen) atoms. The standard InChI is InChI=1S/C17H15BrN2O3S2/c18-14-6-8-15(9-7-14)25(21,22)11-10-24-17-20-19-16(23-17)12-13-4-2-1-3-5-13/h1-9H,10-12H2. The molecular formula is C17H15BrN2O3S2. The predicted molar refractivity (Wildman–Crippen MR) is 100 cm³/mol. The average Bonchev–Trinajstić information content (AvgIpc) is 3.03. The van der Waals surface area contributed by atoms with Crippen LogP contribution in [0.15, 0.2) is 73.6 Å². The van der Waals surface area contributed by atoms with Gasteiger partial charge >= 0.3 is 0 Å². The van der Waals surface area contributed by atoms with Crippen LogP contribution in [0, 0.1) is 0 Å². The van der Waals surface area contributed by atoms with E-state index in [0.717, 1.165) is 10.0 Å². The molecule has 8 heteroatoms. The Hall–Kier alpha value is -1.64. The van der Waals surface area contributed by atoms with Crippen LogP contribution in [0.25, 0.3) is 0 Å². The smallest absolute Gasteiger partial charge is 0.276 e. The number of nitrogens with zero attached hydrogens (tertiary/aromatic N) is 2. The van der Waals surface area contributed by atoms with Gasteiger partial charge in [0, 0.05) is 10.2 Å². The lowest BCUT2D eigenvalue weighted by Gasteiger charge is -2.03. The van der Waals surface area contributed by atoms with Crippen LogP contribution in [0.3, 0.4) is 0 Å². The summed E-state index contributed by atoms with van der Waals surface area (Å²) in [7, 11) is -3.32. The molecule has 0 N–H and O–H groups in total. The van der Waals surface area contributed by atoms with Crippen LogP contribution >= 0.6 is 27.7 Å². The van der Waals surface area contributed by atoms with Gasteiger partial charge < -0.3 is 4.42 Å². The Labute approximate surface area is 158 Å². The highest BCUT2D eigenvalue weighted by Crippen LogP contribution is 2.21. The molecule has 0 aliphatic heterocycles. The average molecular weight is 439 g/mol. The summed E-state index contributed by atoms with van der Waals surface area (Å²) < 4.78 is 31.0. The number of hydrogen-bond donors (Lipinski definition) is 0. The molecule has 0 fully saturated rings. The van der Waals surface area contributed by atoms with Crippen LogP contribution in [0.4, 0.5) is 0 Å². The molecule has 0 bridgehead atoms. The molecule has 0 amide bonds. The molecule has 1 aromatic heterocycles. The van der Waals surface area contributed by atoms with Crippen LogP contribution in [0.5, 0.6) is 0 Å². The molecule has 0 saturated heterocycles. The summed E-state index contributed by atoms with van der Waals surface area (Å²) in [6.45, 7) is 0. The van der Waals surface area contributed by atoms with Gasteiger partial charge in [-0.25, -0.2) is 8.42 Å². The number of benzene rings is 2. The van der Waals surface area contributed by atoms with Crippen molar-refractivity contribution < 1.29 is 12.8 Å². The summed E-state index contributed by atoms with van der Waals surface area (Å²) in [6.07, 6.45) is 0.561. The minimum Gasteiger partial charge on any atom is -0.416 e. The molecule has 0 spiro atoms. The van der Waals surface area contributed by atoms with Crippen LogP contribution < -0.4 is 0 Å². The van der Waals surface area contributed by atoms with Crippen molar-refractivity contribution in [2.75, 3.05) is 11.5 Å². The molecular weight excluding hydrogens is 424 g/mol. The van der Waals surface area contributed by atoms with Gasteiger partial charge in [0.05, 0.1) is 17.1 Å².